The third kappa shape index (κ3) is 4.60. The Hall–Kier alpha value is -0.390. The van der Waals surface area contributed by atoms with E-state index in [2.05, 4.69) is 40.7 Å². The molecule has 4 rings (SSSR count). The van der Waals surface area contributed by atoms with Crippen molar-refractivity contribution < 1.29 is 17.2 Å². The summed E-state index contributed by atoms with van der Waals surface area (Å²) in [6.07, 6.45) is 15.2. The van der Waals surface area contributed by atoms with Gasteiger partial charge in [0, 0.05) is 0 Å². The van der Waals surface area contributed by atoms with Crippen LogP contribution in [0.3, 0.4) is 0 Å². The zero-order valence-corrected chi connectivity index (χ0v) is 21.8. The molecular formula is C27H46O4S. The molecule has 0 aliphatic heterocycles. The summed E-state index contributed by atoms with van der Waals surface area (Å²) in [7, 11) is -4.37. The summed E-state index contributed by atoms with van der Waals surface area (Å²) < 4.78 is 36.6. The summed E-state index contributed by atoms with van der Waals surface area (Å²) in [5.74, 6) is 4.31. The molecule has 32 heavy (non-hydrogen) atoms. The molecule has 4 nitrogen and oxygen atoms in total. The normalized spacial score (nSPS) is 42.7. The molecule has 0 aromatic carbocycles. The standard InChI is InChI=1S/C27H46O4S/c1-18(2)7-6-8-19(3)23-11-12-24-22-10-9-20-17-21(31-32(28,29)30)13-15-26(20,4)25(22)14-16-27(23,24)5/h10,18-21,23-25H,6-9,11-17H2,1-5H3,(H,28,29,30)/t19?,20?,21-,23?,24?,25?,26-,27+/m0/s1. The van der Waals surface area contributed by atoms with Gasteiger partial charge in [0.15, 0.2) is 0 Å². The Morgan fingerprint density at radius 3 is 2.41 bits per heavy atom. The number of rotatable bonds is 7. The van der Waals surface area contributed by atoms with Crippen LogP contribution >= 0.6 is 0 Å². The predicted octanol–water partition coefficient (Wildman–Crippen LogP) is 7.22. The molecule has 4 aliphatic carbocycles. The summed E-state index contributed by atoms with van der Waals surface area (Å²) in [5.41, 5.74) is 2.45. The van der Waals surface area contributed by atoms with Gasteiger partial charge in [0.2, 0.25) is 0 Å². The van der Waals surface area contributed by atoms with Crippen LogP contribution in [0.2, 0.25) is 0 Å². The Morgan fingerprint density at radius 2 is 1.72 bits per heavy atom. The van der Waals surface area contributed by atoms with Gasteiger partial charge < -0.3 is 0 Å². The van der Waals surface area contributed by atoms with E-state index in [4.69, 9.17) is 8.74 Å². The van der Waals surface area contributed by atoms with Gasteiger partial charge in [-0.15, -0.1) is 0 Å². The largest absolute Gasteiger partial charge is 0.397 e. The lowest BCUT2D eigenvalue weighted by Crippen LogP contribution is -2.50. The second-order valence-electron chi connectivity index (χ2n) is 12.7. The van der Waals surface area contributed by atoms with Crippen LogP contribution in [0, 0.1) is 46.3 Å². The van der Waals surface area contributed by atoms with E-state index in [1.165, 1.54) is 44.9 Å². The Bertz CT molecular complexity index is 818. The van der Waals surface area contributed by atoms with Crippen LogP contribution in [-0.4, -0.2) is 19.1 Å². The van der Waals surface area contributed by atoms with Gasteiger partial charge in [0.1, 0.15) is 0 Å². The highest BCUT2D eigenvalue weighted by Crippen LogP contribution is 2.67. The highest BCUT2D eigenvalue weighted by molar-refractivity contribution is 7.80. The molecule has 184 valence electrons. The van der Waals surface area contributed by atoms with Gasteiger partial charge in [-0.2, -0.15) is 8.42 Å². The Kier molecular flexibility index (Phi) is 6.95. The molecule has 3 fully saturated rings. The second kappa shape index (κ2) is 9.00. The maximum absolute atomic E-state index is 11.2. The Morgan fingerprint density at radius 1 is 1.03 bits per heavy atom. The van der Waals surface area contributed by atoms with E-state index >= 15 is 0 Å². The van der Waals surface area contributed by atoms with E-state index in [0.29, 0.717) is 17.3 Å². The fourth-order valence-corrected chi connectivity index (χ4v) is 9.28. The molecule has 8 atom stereocenters. The molecule has 0 aromatic heterocycles. The van der Waals surface area contributed by atoms with Crippen molar-refractivity contribution in [3.05, 3.63) is 11.6 Å². The first-order chi connectivity index (χ1) is 14.9. The molecule has 0 saturated heterocycles. The van der Waals surface area contributed by atoms with Crippen molar-refractivity contribution in [3.8, 4) is 0 Å². The van der Waals surface area contributed by atoms with Crippen molar-refractivity contribution in [3.63, 3.8) is 0 Å². The minimum Gasteiger partial charge on any atom is -0.264 e. The first-order valence-electron chi connectivity index (χ1n) is 13.3. The average Bonchev–Trinajstić information content (AvgIpc) is 3.04. The number of fused-ring (bicyclic) bond motifs is 5. The topological polar surface area (TPSA) is 63.6 Å². The average molecular weight is 467 g/mol. The molecule has 0 amide bonds. The molecule has 4 aliphatic rings. The van der Waals surface area contributed by atoms with Crippen LogP contribution in [0.5, 0.6) is 0 Å². The first kappa shape index (κ1) is 24.7. The summed E-state index contributed by atoms with van der Waals surface area (Å²) in [4.78, 5) is 0. The number of hydrogen-bond acceptors (Lipinski definition) is 3. The molecule has 0 aromatic rings. The van der Waals surface area contributed by atoms with Gasteiger partial charge in [-0.05, 0) is 97.7 Å². The van der Waals surface area contributed by atoms with Crippen molar-refractivity contribution >= 4 is 10.4 Å². The van der Waals surface area contributed by atoms with Crippen LogP contribution in [-0.2, 0) is 14.6 Å². The third-order valence-electron chi connectivity index (χ3n) is 10.5. The van der Waals surface area contributed by atoms with Crippen molar-refractivity contribution in [1.29, 1.82) is 0 Å². The molecule has 5 unspecified atom stereocenters. The maximum atomic E-state index is 11.2. The van der Waals surface area contributed by atoms with Crippen LogP contribution in [0.1, 0.15) is 105 Å². The van der Waals surface area contributed by atoms with E-state index in [0.717, 1.165) is 49.4 Å². The molecule has 1 N–H and O–H groups in total. The van der Waals surface area contributed by atoms with E-state index in [-0.39, 0.29) is 11.5 Å². The minimum atomic E-state index is -4.37. The van der Waals surface area contributed by atoms with Gasteiger partial charge in [-0.3, -0.25) is 4.55 Å². The van der Waals surface area contributed by atoms with Gasteiger partial charge in [-0.25, -0.2) is 4.18 Å². The van der Waals surface area contributed by atoms with E-state index < -0.39 is 10.4 Å². The highest BCUT2D eigenvalue weighted by Gasteiger charge is 2.58. The number of allylic oxidation sites excluding steroid dienone is 2. The van der Waals surface area contributed by atoms with E-state index in [1.807, 2.05) is 0 Å². The lowest BCUT2D eigenvalue weighted by atomic mass is 9.47. The van der Waals surface area contributed by atoms with Gasteiger partial charge in [-0.1, -0.05) is 65.5 Å². The molecule has 3 saturated carbocycles. The Labute approximate surface area is 196 Å². The predicted molar refractivity (Wildman–Crippen MR) is 129 cm³/mol. The minimum absolute atomic E-state index is 0.242. The summed E-state index contributed by atoms with van der Waals surface area (Å²) in [6, 6.07) is 0. The molecular weight excluding hydrogens is 420 g/mol. The fraction of sp³-hybridized carbons (Fsp3) is 0.926. The summed E-state index contributed by atoms with van der Waals surface area (Å²) in [6.45, 7) is 12.3. The van der Waals surface area contributed by atoms with Crippen LogP contribution in [0.4, 0.5) is 0 Å². The quantitative estimate of drug-likeness (QED) is 0.318. The maximum Gasteiger partial charge on any atom is 0.397 e. The molecule has 0 bridgehead atoms. The lowest BCUT2D eigenvalue weighted by molar-refractivity contribution is -0.0373. The lowest BCUT2D eigenvalue weighted by Gasteiger charge is -2.58. The van der Waals surface area contributed by atoms with Gasteiger partial charge in [0.05, 0.1) is 6.10 Å². The van der Waals surface area contributed by atoms with Crippen molar-refractivity contribution in [2.75, 3.05) is 0 Å². The van der Waals surface area contributed by atoms with Crippen LogP contribution < -0.4 is 0 Å². The van der Waals surface area contributed by atoms with Crippen LogP contribution in [0.25, 0.3) is 0 Å². The first-order valence-corrected chi connectivity index (χ1v) is 14.7. The van der Waals surface area contributed by atoms with Crippen molar-refractivity contribution in [2.24, 2.45) is 46.3 Å². The molecule has 0 radical (unpaired) electrons. The molecule has 0 heterocycles. The summed E-state index contributed by atoms with van der Waals surface area (Å²) in [5, 5.41) is 0. The van der Waals surface area contributed by atoms with E-state index in [1.54, 1.807) is 5.57 Å². The molecule has 5 heteroatoms. The SMILES string of the molecule is CC(C)CCCC(C)C1CCC2C3=CCC4C[C@@H](OS(=O)(=O)O)CC[C@]4(C)C3CC[C@@]21C. The Balaban J connectivity index is 1.47. The van der Waals surface area contributed by atoms with Crippen molar-refractivity contribution in [2.45, 2.75) is 111 Å². The zero-order chi connectivity index (χ0) is 23.3. The van der Waals surface area contributed by atoms with E-state index in [9.17, 15) is 8.42 Å². The fourth-order valence-electron chi connectivity index (χ4n) is 8.76. The van der Waals surface area contributed by atoms with Crippen molar-refractivity contribution in [1.82, 2.24) is 0 Å². The third-order valence-corrected chi connectivity index (χ3v) is 11.0. The zero-order valence-electron chi connectivity index (χ0n) is 21.0. The smallest absolute Gasteiger partial charge is 0.264 e. The number of hydrogen-bond donors (Lipinski definition) is 1. The monoisotopic (exact) mass is 466 g/mol. The second-order valence-corrected chi connectivity index (χ2v) is 13.7. The van der Waals surface area contributed by atoms with Gasteiger partial charge in [0.25, 0.3) is 0 Å². The van der Waals surface area contributed by atoms with Crippen LogP contribution in [0.15, 0.2) is 11.6 Å². The summed E-state index contributed by atoms with van der Waals surface area (Å²) >= 11 is 0. The highest BCUT2D eigenvalue weighted by atomic mass is 32.3. The molecule has 0 spiro atoms. The van der Waals surface area contributed by atoms with Gasteiger partial charge >= 0.3 is 10.4 Å².